The van der Waals surface area contributed by atoms with Gasteiger partial charge in [-0.25, -0.2) is 15.0 Å². The Hall–Kier alpha value is -3.22. The molecule has 0 aliphatic rings. The van der Waals surface area contributed by atoms with E-state index >= 15 is 0 Å². The van der Waals surface area contributed by atoms with Gasteiger partial charge in [0.25, 0.3) is 5.56 Å². The first-order valence-electron chi connectivity index (χ1n) is 6.88. The number of nitrogens with zero attached hydrogens (tertiary/aromatic N) is 3. The third kappa shape index (κ3) is 3.03. The number of rotatable bonds is 4. The first-order chi connectivity index (χ1) is 11.2. The number of aryl methyl sites for hydroxylation is 1. The Morgan fingerprint density at radius 3 is 2.39 bits per heavy atom. The topological polar surface area (TPSA) is 90.0 Å². The van der Waals surface area contributed by atoms with E-state index in [9.17, 15) is 4.79 Å². The summed E-state index contributed by atoms with van der Waals surface area (Å²) < 4.78 is 10.9. The minimum atomic E-state index is -0.411. The van der Waals surface area contributed by atoms with E-state index in [0.717, 1.165) is 0 Å². The van der Waals surface area contributed by atoms with Crippen LogP contribution in [0.3, 0.4) is 0 Å². The van der Waals surface area contributed by atoms with Crippen molar-refractivity contribution in [2.24, 2.45) is 0 Å². The lowest BCUT2D eigenvalue weighted by Crippen LogP contribution is -2.14. The first kappa shape index (κ1) is 14.7. The number of hydrogen-bond donors (Lipinski definition) is 1. The quantitative estimate of drug-likeness (QED) is 0.795. The molecule has 0 atom stereocenters. The molecule has 7 nitrogen and oxygen atoms in total. The first-order valence-corrected chi connectivity index (χ1v) is 6.88. The van der Waals surface area contributed by atoms with Gasteiger partial charge in [0, 0.05) is 12.4 Å². The largest absolute Gasteiger partial charge is 0.493 e. The predicted molar refractivity (Wildman–Crippen MR) is 83.7 cm³/mol. The minimum Gasteiger partial charge on any atom is -0.493 e. The second-order valence-electron chi connectivity index (χ2n) is 4.65. The van der Waals surface area contributed by atoms with Crippen LogP contribution in [-0.4, -0.2) is 27.0 Å². The van der Waals surface area contributed by atoms with Crippen LogP contribution in [0.5, 0.6) is 17.2 Å². The molecule has 23 heavy (non-hydrogen) atoms. The standard InChI is InChI=1S/C16H14N4O3/c1-10-13(23-12-7-4-3-6-11(12)22-2)16(21)20-15(19-10)14-17-8-5-9-18-14/h3-9H,1-2H3,(H,19,20,21). The summed E-state index contributed by atoms with van der Waals surface area (Å²) in [4.78, 5) is 27.4. The normalized spacial score (nSPS) is 10.3. The molecule has 0 amide bonds. The second kappa shape index (κ2) is 6.27. The maximum Gasteiger partial charge on any atom is 0.294 e. The van der Waals surface area contributed by atoms with Crippen molar-refractivity contribution in [3.8, 4) is 28.9 Å². The van der Waals surface area contributed by atoms with Crippen LogP contribution in [0.15, 0.2) is 47.5 Å². The molecule has 2 heterocycles. The number of H-pyrrole nitrogens is 1. The van der Waals surface area contributed by atoms with Crippen molar-refractivity contribution in [3.05, 3.63) is 58.8 Å². The number of methoxy groups -OCH3 is 1. The van der Waals surface area contributed by atoms with Crippen LogP contribution >= 0.6 is 0 Å². The maximum atomic E-state index is 12.3. The SMILES string of the molecule is COc1ccccc1Oc1c(C)nc(-c2ncccn2)[nH]c1=O. The fourth-order valence-corrected chi connectivity index (χ4v) is 2.04. The molecule has 0 saturated heterocycles. The van der Waals surface area contributed by atoms with E-state index in [4.69, 9.17) is 9.47 Å². The van der Waals surface area contributed by atoms with E-state index < -0.39 is 5.56 Å². The molecular formula is C16H14N4O3. The van der Waals surface area contributed by atoms with Gasteiger partial charge in [0.15, 0.2) is 23.1 Å². The van der Waals surface area contributed by atoms with Crippen molar-refractivity contribution < 1.29 is 9.47 Å². The second-order valence-corrected chi connectivity index (χ2v) is 4.65. The van der Waals surface area contributed by atoms with Crippen molar-refractivity contribution in [2.75, 3.05) is 7.11 Å². The zero-order chi connectivity index (χ0) is 16.2. The molecule has 0 bridgehead atoms. The lowest BCUT2D eigenvalue weighted by molar-refractivity contribution is 0.375. The van der Waals surface area contributed by atoms with Gasteiger partial charge in [-0.3, -0.25) is 4.79 Å². The molecular weight excluding hydrogens is 296 g/mol. The highest BCUT2D eigenvalue weighted by atomic mass is 16.5. The third-order valence-electron chi connectivity index (χ3n) is 3.10. The molecule has 7 heteroatoms. The molecule has 0 aliphatic heterocycles. The molecule has 1 aromatic carbocycles. The number of aromatic amines is 1. The average Bonchev–Trinajstić information content (AvgIpc) is 2.59. The molecule has 0 unspecified atom stereocenters. The predicted octanol–water partition coefficient (Wildman–Crippen LogP) is 2.34. The fraction of sp³-hybridized carbons (Fsp3) is 0.125. The van der Waals surface area contributed by atoms with Gasteiger partial charge in [-0.05, 0) is 25.1 Å². The zero-order valence-corrected chi connectivity index (χ0v) is 12.6. The summed E-state index contributed by atoms with van der Waals surface area (Å²) in [5.74, 6) is 1.71. The van der Waals surface area contributed by atoms with Gasteiger partial charge >= 0.3 is 0 Å². The molecule has 3 rings (SSSR count). The van der Waals surface area contributed by atoms with Gasteiger partial charge in [-0.15, -0.1) is 0 Å². The van der Waals surface area contributed by atoms with Crippen molar-refractivity contribution in [1.29, 1.82) is 0 Å². The van der Waals surface area contributed by atoms with Gasteiger partial charge in [0.2, 0.25) is 5.75 Å². The monoisotopic (exact) mass is 310 g/mol. The van der Waals surface area contributed by atoms with E-state index in [1.165, 1.54) is 7.11 Å². The van der Waals surface area contributed by atoms with Crippen LogP contribution in [0, 0.1) is 6.92 Å². The summed E-state index contributed by atoms with van der Waals surface area (Å²) in [6.07, 6.45) is 3.16. The number of benzene rings is 1. The Labute approximate surface area is 132 Å². The Balaban J connectivity index is 2.00. The molecule has 0 radical (unpaired) electrons. The van der Waals surface area contributed by atoms with Crippen LogP contribution in [0.4, 0.5) is 0 Å². The van der Waals surface area contributed by atoms with Gasteiger partial charge in [-0.2, -0.15) is 0 Å². The van der Waals surface area contributed by atoms with Gasteiger partial charge < -0.3 is 14.5 Å². The molecule has 1 N–H and O–H groups in total. The summed E-state index contributed by atoms with van der Waals surface area (Å²) >= 11 is 0. The summed E-state index contributed by atoms with van der Waals surface area (Å²) in [7, 11) is 1.54. The molecule has 0 fully saturated rings. The summed E-state index contributed by atoms with van der Waals surface area (Å²) in [6, 6.07) is 8.76. The Bertz CT molecular complexity index is 878. The van der Waals surface area contributed by atoms with Crippen molar-refractivity contribution in [3.63, 3.8) is 0 Å². The Kier molecular flexibility index (Phi) is 4.01. The van der Waals surface area contributed by atoms with Crippen LogP contribution < -0.4 is 15.0 Å². The number of ether oxygens (including phenoxy) is 2. The molecule has 116 valence electrons. The van der Waals surface area contributed by atoms with Gasteiger partial charge in [0.05, 0.1) is 12.8 Å². The number of nitrogens with one attached hydrogen (secondary N) is 1. The minimum absolute atomic E-state index is 0.106. The number of hydrogen-bond acceptors (Lipinski definition) is 6. The van der Waals surface area contributed by atoms with Crippen LogP contribution in [0.2, 0.25) is 0 Å². The lowest BCUT2D eigenvalue weighted by Gasteiger charge is -2.11. The van der Waals surface area contributed by atoms with Crippen LogP contribution in [0.25, 0.3) is 11.6 Å². The van der Waals surface area contributed by atoms with Crippen molar-refractivity contribution in [1.82, 2.24) is 19.9 Å². The molecule has 3 aromatic rings. The summed E-state index contributed by atoms with van der Waals surface area (Å²) in [5.41, 5.74) is 0.0213. The molecule has 0 spiro atoms. The van der Waals surface area contributed by atoms with Gasteiger partial charge in [-0.1, -0.05) is 12.1 Å². The Morgan fingerprint density at radius 1 is 1.04 bits per heavy atom. The van der Waals surface area contributed by atoms with Crippen LogP contribution in [0.1, 0.15) is 5.69 Å². The molecule has 0 aliphatic carbocycles. The zero-order valence-electron chi connectivity index (χ0n) is 12.6. The Morgan fingerprint density at radius 2 is 1.74 bits per heavy atom. The van der Waals surface area contributed by atoms with E-state index in [2.05, 4.69) is 19.9 Å². The van der Waals surface area contributed by atoms with Crippen molar-refractivity contribution in [2.45, 2.75) is 6.92 Å². The smallest absolute Gasteiger partial charge is 0.294 e. The highest BCUT2D eigenvalue weighted by Gasteiger charge is 2.14. The fourth-order valence-electron chi connectivity index (χ4n) is 2.04. The van der Waals surface area contributed by atoms with Gasteiger partial charge in [0.1, 0.15) is 0 Å². The third-order valence-corrected chi connectivity index (χ3v) is 3.10. The highest BCUT2D eigenvalue weighted by Crippen LogP contribution is 2.30. The molecule has 2 aromatic heterocycles. The maximum absolute atomic E-state index is 12.3. The van der Waals surface area contributed by atoms with E-state index in [1.807, 2.05) is 6.07 Å². The van der Waals surface area contributed by atoms with Crippen molar-refractivity contribution >= 4 is 0 Å². The highest BCUT2D eigenvalue weighted by molar-refractivity contribution is 5.46. The number of para-hydroxylation sites is 2. The van der Waals surface area contributed by atoms with E-state index in [-0.39, 0.29) is 5.75 Å². The lowest BCUT2D eigenvalue weighted by atomic mass is 10.3. The van der Waals surface area contributed by atoms with Crippen LogP contribution in [-0.2, 0) is 0 Å². The molecule has 0 saturated carbocycles. The number of aromatic nitrogens is 4. The summed E-state index contributed by atoms with van der Waals surface area (Å²) in [6.45, 7) is 1.69. The average molecular weight is 310 g/mol. The van der Waals surface area contributed by atoms with E-state index in [1.54, 1.807) is 43.6 Å². The summed E-state index contributed by atoms with van der Waals surface area (Å²) in [5, 5.41) is 0. The van der Waals surface area contributed by atoms with E-state index in [0.29, 0.717) is 28.8 Å².